The lowest BCUT2D eigenvalue weighted by atomic mass is 9.88. The fraction of sp³-hybridized carbons (Fsp3) is 0.258. The van der Waals surface area contributed by atoms with Crippen LogP contribution in [0.1, 0.15) is 42.5 Å². The van der Waals surface area contributed by atoms with Gasteiger partial charge in [0.05, 0.1) is 6.61 Å². The lowest BCUT2D eigenvalue weighted by Gasteiger charge is -2.17. The normalized spacial score (nSPS) is 13.4. The number of phenolic OH excluding ortho intramolecular Hbond substituents is 1. The first-order chi connectivity index (χ1) is 18.0. The van der Waals surface area contributed by atoms with E-state index in [4.69, 9.17) is 4.74 Å². The first-order valence-electron chi connectivity index (χ1n) is 12.7. The van der Waals surface area contributed by atoms with Crippen molar-refractivity contribution < 1.29 is 19.0 Å². The van der Waals surface area contributed by atoms with E-state index >= 15 is 0 Å². The number of nitrogens with one attached hydrogen (secondary N) is 1. The van der Waals surface area contributed by atoms with Gasteiger partial charge in [-0.15, -0.1) is 0 Å². The van der Waals surface area contributed by atoms with Gasteiger partial charge < -0.3 is 20.1 Å². The lowest BCUT2D eigenvalue weighted by molar-refractivity contribution is -0.116. The Balaban J connectivity index is 1.60. The van der Waals surface area contributed by atoms with E-state index in [-0.39, 0.29) is 17.5 Å². The summed E-state index contributed by atoms with van der Waals surface area (Å²) in [7, 11) is 0. The molecular formula is C31H33FN2O3. The topological polar surface area (TPSA) is 61.8 Å². The van der Waals surface area contributed by atoms with Crippen LogP contribution < -0.4 is 10.1 Å². The molecule has 1 aliphatic rings. The summed E-state index contributed by atoms with van der Waals surface area (Å²) in [5.41, 5.74) is 5.67. The van der Waals surface area contributed by atoms with E-state index in [0.29, 0.717) is 25.3 Å². The summed E-state index contributed by atoms with van der Waals surface area (Å²) in [4.78, 5) is 14.5. The van der Waals surface area contributed by atoms with E-state index in [2.05, 4.69) is 24.1 Å². The van der Waals surface area contributed by atoms with Gasteiger partial charge in [0.25, 0.3) is 0 Å². The summed E-state index contributed by atoms with van der Waals surface area (Å²) >= 11 is 0. The highest BCUT2D eigenvalue weighted by Crippen LogP contribution is 2.41. The highest BCUT2D eigenvalue weighted by Gasteiger charge is 2.21. The fourth-order valence-electron chi connectivity index (χ4n) is 4.52. The molecule has 3 aromatic carbocycles. The molecule has 4 rings (SSSR count). The number of carbonyl (C=O) groups excluding carboxylic acids is 1. The maximum absolute atomic E-state index is 14.0. The van der Waals surface area contributed by atoms with Crippen molar-refractivity contribution in [2.75, 3.05) is 32.8 Å². The number of ether oxygens (including phenoxy) is 1. The third kappa shape index (κ3) is 6.66. The molecule has 1 heterocycles. The van der Waals surface area contributed by atoms with Crippen LogP contribution in [0.5, 0.6) is 11.5 Å². The summed E-state index contributed by atoms with van der Waals surface area (Å²) in [6.45, 7) is 8.00. The molecule has 192 valence electrons. The Hall–Kier alpha value is -3.90. The number of likely N-dealkylation sites (N-methyl/N-ethyl adjacent to an activating group) is 1. The molecule has 2 N–H and O–H groups in total. The third-order valence-corrected chi connectivity index (χ3v) is 6.59. The maximum Gasteiger partial charge on any atom is 0.244 e. The molecule has 0 unspecified atom stereocenters. The molecule has 3 aromatic rings. The number of carbonyl (C=O) groups is 1. The molecule has 0 radical (unpaired) electrons. The Kier molecular flexibility index (Phi) is 8.75. The van der Waals surface area contributed by atoms with Crippen molar-refractivity contribution in [1.82, 2.24) is 10.2 Å². The van der Waals surface area contributed by atoms with Crippen molar-refractivity contribution in [2.24, 2.45) is 0 Å². The summed E-state index contributed by atoms with van der Waals surface area (Å²) < 4.78 is 19.9. The zero-order valence-corrected chi connectivity index (χ0v) is 21.3. The predicted octanol–water partition coefficient (Wildman–Crippen LogP) is 5.74. The maximum atomic E-state index is 14.0. The number of aromatic hydroxyl groups is 1. The van der Waals surface area contributed by atoms with Crippen LogP contribution in [-0.4, -0.2) is 48.7 Å². The Bertz CT molecular complexity index is 1280. The third-order valence-electron chi connectivity index (χ3n) is 6.59. The largest absolute Gasteiger partial charge is 0.508 e. The standard InChI is InChI=1S/C31H33FN2O3/c1-3-34(4-2)19-18-33-30(36)16-7-22-5-8-24(9-6-22)31-27(23-10-13-26(35)14-11-23)17-20-37-29-21-25(32)12-15-28(29)31/h5-16,21,35H,3-4,17-20H2,1-2H3,(H,33,36)/b16-7+. The van der Waals surface area contributed by atoms with Gasteiger partial charge in [-0.3, -0.25) is 4.79 Å². The minimum Gasteiger partial charge on any atom is -0.508 e. The number of hydrogen-bond donors (Lipinski definition) is 2. The van der Waals surface area contributed by atoms with Crippen molar-refractivity contribution in [3.63, 3.8) is 0 Å². The van der Waals surface area contributed by atoms with Crippen LogP contribution in [0.25, 0.3) is 17.2 Å². The van der Waals surface area contributed by atoms with Crippen LogP contribution in [0.4, 0.5) is 4.39 Å². The average Bonchev–Trinajstić information content (AvgIpc) is 3.10. The highest BCUT2D eigenvalue weighted by atomic mass is 19.1. The van der Waals surface area contributed by atoms with Crippen molar-refractivity contribution in [2.45, 2.75) is 20.3 Å². The number of rotatable bonds is 9. The Morgan fingerprint density at radius 1 is 1.03 bits per heavy atom. The first kappa shape index (κ1) is 26.2. The number of halogens is 1. The van der Waals surface area contributed by atoms with Gasteiger partial charge in [0.15, 0.2) is 0 Å². The van der Waals surface area contributed by atoms with Crippen molar-refractivity contribution >= 4 is 23.1 Å². The van der Waals surface area contributed by atoms with Gasteiger partial charge in [-0.2, -0.15) is 0 Å². The van der Waals surface area contributed by atoms with Crippen LogP contribution in [0, 0.1) is 5.82 Å². The SMILES string of the molecule is CCN(CC)CCNC(=O)/C=C/c1ccc(C2=C(c3ccc(O)cc3)CCOc3cc(F)ccc32)cc1. The summed E-state index contributed by atoms with van der Waals surface area (Å²) in [5.74, 6) is 0.244. The number of hydrogen-bond acceptors (Lipinski definition) is 4. The number of amides is 1. The Morgan fingerprint density at radius 2 is 1.73 bits per heavy atom. The molecule has 0 atom stereocenters. The molecule has 0 bridgehead atoms. The van der Waals surface area contributed by atoms with Crippen molar-refractivity contribution in [3.05, 3.63) is 101 Å². The van der Waals surface area contributed by atoms with Gasteiger partial charge in [-0.05, 0) is 71.3 Å². The second-order valence-corrected chi connectivity index (χ2v) is 8.91. The zero-order valence-electron chi connectivity index (χ0n) is 21.3. The zero-order chi connectivity index (χ0) is 26.2. The molecule has 0 saturated heterocycles. The van der Waals surface area contributed by atoms with Crippen LogP contribution in [0.15, 0.2) is 72.8 Å². The van der Waals surface area contributed by atoms with Crippen LogP contribution in [-0.2, 0) is 4.79 Å². The number of nitrogens with zero attached hydrogens (tertiary/aromatic N) is 1. The number of fused-ring (bicyclic) bond motifs is 1. The summed E-state index contributed by atoms with van der Waals surface area (Å²) in [6.07, 6.45) is 3.98. The average molecular weight is 501 g/mol. The van der Waals surface area contributed by atoms with Gasteiger partial charge in [0.2, 0.25) is 5.91 Å². The van der Waals surface area contributed by atoms with E-state index in [0.717, 1.165) is 53.0 Å². The van der Waals surface area contributed by atoms with E-state index in [1.54, 1.807) is 30.4 Å². The molecule has 1 amide bonds. The van der Waals surface area contributed by atoms with Crippen molar-refractivity contribution in [3.8, 4) is 11.5 Å². The van der Waals surface area contributed by atoms with E-state index in [1.165, 1.54) is 12.1 Å². The van der Waals surface area contributed by atoms with Gasteiger partial charge in [-0.25, -0.2) is 4.39 Å². The summed E-state index contributed by atoms with van der Waals surface area (Å²) in [5, 5.41) is 12.7. The van der Waals surface area contributed by atoms with Gasteiger partial charge in [0, 0.05) is 37.2 Å². The monoisotopic (exact) mass is 500 g/mol. The van der Waals surface area contributed by atoms with Crippen LogP contribution in [0.3, 0.4) is 0 Å². The first-order valence-corrected chi connectivity index (χ1v) is 12.7. The molecule has 1 aliphatic heterocycles. The van der Waals surface area contributed by atoms with Gasteiger partial charge in [-0.1, -0.05) is 50.2 Å². The van der Waals surface area contributed by atoms with E-state index in [9.17, 15) is 14.3 Å². The molecule has 37 heavy (non-hydrogen) atoms. The number of phenols is 1. The predicted molar refractivity (Wildman–Crippen MR) is 147 cm³/mol. The van der Waals surface area contributed by atoms with E-state index in [1.807, 2.05) is 36.4 Å². The summed E-state index contributed by atoms with van der Waals surface area (Å²) in [6, 6.07) is 19.7. The lowest BCUT2D eigenvalue weighted by Crippen LogP contribution is -2.34. The second-order valence-electron chi connectivity index (χ2n) is 8.91. The molecule has 6 heteroatoms. The molecule has 0 spiro atoms. The molecule has 0 aromatic heterocycles. The molecule has 0 fully saturated rings. The fourth-order valence-corrected chi connectivity index (χ4v) is 4.52. The van der Waals surface area contributed by atoms with Gasteiger partial charge in [0.1, 0.15) is 17.3 Å². The molecule has 0 aliphatic carbocycles. The minimum atomic E-state index is -0.345. The highest BCUT2D eigenvalue weighted by molar-refractivity contribution is 6.00. The molecule has 0 saturated carbocycles. The smallest absolute Gasteiger partial charge is 0.244 e. The van der Waals surface area contributed by atoms with Crippen LogP contribution >= 0.6 is 0 Å². The molecule has 5 nitrogen and oxygen atoms in total. The molecular weight excluding hydrogens is 467 g/mol. The minimum absolute atomic E-state index is 0.120. The van der Waals surface area contributed by atoms with Crippen molar-refractivity contribution in [1.29, 1.82) is 0 Å². The number of benzene rings is 3. The Morgan fingerprint density at radius 3 is 2.43 bits per heavy atom. The van der Waals surface area contributed by atoms with Crippen LogP contribution in [0.2, 0.25) is 0 Å². The van der Waals surface area contributed by atoms with Gasteiger partial charge >= 0.3 is 0 Å². The second kappa shape index (κ2) is 12.4. The van der Waals surface area contributed by atoms with E-state index < -0.39 is 0 Å². The quantitative estimate of drug-likeness (QED) is 0.368. The Labute approximate surface area is 217 Å².